The van der Waals surface area contributed by atoms with Gasteiger partial charge in [0, 0.05) is 0 Å². The van der Waals surface area contributed by atoms with E-state index in [9.17, 15) is 35.0 Å². The van der Waals surface area contributed by atoms with E-state index in [4.69, 9.17) is 31.8 Å². The van der Waals surface area contributed by atoms with E-state index >= 15 is 0 Å². The van der Waals surface area contributed by atoms with Crippen molar-refractivity contribution < 1.29 is 66.8 Å². The topological polar surface area (TPSA) is 142 Å². The molecule has 0 rings (SSSR count). The Balaban J connectivity index is -0.000000614. The Morgan fingerprint density at radius 1 is 0.170 bits per heavy atom. The molecule has 0 amide bonds. The van der Waals surface area contributed by atoms with Crippen LogP contribution in [0.3, 0.4) is 0 Å². The van der Waals surface area contributed by atoms with E-state index in [-0.39, 0.29) is 0 Å². The highest BCUT2D eigenvalue weighted by atomic mass is 32.3. The van der Waals surface area contributed by atoms with Gasteiger partial charge in [-0.2, -0.15) is 0 Å². The SMILES string of the molecule is CCCCS(C)(CCCC)OP(=O)(F)OS(C)(CCCC)CCCC.CCCCS(C)(CCCC)OP(=O)(F)OS(C)(CCCC)CCCC.CCCCS(C)(CCCC)OP(=O)(F)OS(C)(CCCC)CCCC.CCCCS(C)(CCCC)OP(=O)(F)OS(C)(CCCC)CCCC. The van der Waals surface area contributed by atoms with Gasteiger partial charge in [-0.25, -0.2) is 50.0 Å². The second-order valence-corrected chi connectivity index (χ2v) is 62.4. The van der Waals surface area contributed by atoms with Crippen LogP contribution in [0.5, 0.6) is 0 Å². The smallest absolute Gasteiger partial charge is 0.234 e. The lowest BCUT2D eigenvalue weighted by Gasteiger charge is -2.40. The number of unbranched alkanes of at least 4 members (excludes halogenated alkanes) is 16. The molecule has 0 aliphatic carbocycles. The van der Waals surface area contributed by atoms with Gasteiger partial charge in [0.25, 0.3) is 0 Å². The van der Waals surface area contributed by atoms with Crippen molar-refractivity contribution in [2.75, 3.05) is 142 Å². The second kappa shape index (κ2) is 60.7. The van der Waals surface area contributed by atoms with Gasteiger partial charge in [0.2, 0.25) is 0 Å². The summed E-state index contributed by atoms with van der Waals surface area (Å²) in [6.07, 6.45) is 47.9. The van der Waals surface area contributed by atoms with Crippen LogP contribution in [0.1, 0.15) is 316 Å². The van der Waals surface area contributed by atoms with Crippen LogP contribution in [-0.2, 0) is 50.0 Å². The summed E-state index contributed by atoms with van der Waals surface area (Å²) < 4.78 is 156. The maximum absolute atomic E-state index is 14.9. The Kier molecular flexibility index (Phi) is 66.5. The average molecular weight is 1680 g/mol. The highest BCUT2D eigenvalue weighted by Gasteiger charge is 2.43. The van der Waals surface area contributed by atoms with Crippen molar-refractivity contribution in [3.63, 3.8) is 0 Å². The first kappa shape index (κ1) is 109. The van der Waals surface area contributed by atoms with Gasteiger partial charge >= 0.3 is 31.6 Å². The first-order chi connectivity index (χ1) is 46.6. The maximum atomic E-state index is 14.9. The van der Waals surface area contributed by atoms with Gasteiger partial charge in [-0.1, -0.05) is 214 Å². The molecule has 0 unspecified atom stereocenters. The molecule has 0 aliphatic heterocycles. The molecule has 0 aliphatic rings. The molecule has 0 radical (unpaired) electrons. The monoisotopic (exact) mass is 1680 g/mol. The summed E-state index contributed by atoms with van der Waals surface area (Å²) in [7, 11) is -31.6. The van der Waals surface area contributed by atoms with E-state index in [0.29, 0.717) is 0 Å². The number of halogens is 4. The number of hydrogen-bond acceptors (Lipinski definition) is 12. The van der Waals surface area contributed by atoms with E-state index < -0.39 is 114 Å². The van der Waals surface area contributed by atoms with Crippen molar-refractivity contribution in [3.05, 3.63) is 0 Å². The summed E-state index contributed by atoms with van der Waals surface area (Å²) in [5, 5.41) is 0. The summed E-state index contributed by atoms with van der Waals surface area (Å²) in [6.45, 7) is 33.8. The standard InChI is InChI=1S/4C18H42FO3PS2/c4*1-7-11-15-24(5,16-12-8-2)21-23(19,20)22-25(6,17-13-9-3)18-14-10-4/h4*7-18H2,1-6H3. The molecule has 0 atom stereocenters. The molecule has 0 bridgehead atoms. The zero-order chi connectivity index (χ0) is 77.6. The highest BCUT2D eigenvalue weighted by Crippen LogP contribution is 2.75. The quantitative estimate of drug-likeness (QED) is 0.0422. The van der Waals surface area contributed by atoms with Gasteiger partial charge in [0.1, 0.15) is 0 Å². The molecule has 0 spiro atoms. The molecule has 0 aromatic carbocycles. The molecule has 100 heavy (non-hydrogen) atoms. The minimum Gasteiger partial charge on any atom is -0.234 e. The molecule has 0 aromatic rings. The molecule has 0 aromatic heterocycles. The zero-order valence-corrected chi connectivity index (χ0v) is 79.5. The predicted octanol–water partition coefficient (Wildman–Crippen LogP) is 32.0. The first-order valence-electron chi connectivity index (χ1n) is 39.4. The van der Waals surface area contributed by atoms with Crippen molar-refractivity contribution >= 4 is 114 Å². The Hall–Kier alpha value is 3.12. The van der Waals surface area contributed by atoms with Crippen LogP contribution in [0.15, 0.2) is 0 Å². The number of rotatable bonds is 64. The lowest BCUT2D eigenvalue weighted by atomic mass is 10.4. The Bertz CT molecular complexity index is 1680. The molecule has 12 nitrogen and oxygen atoms in total. The van der Waals surface area contributed by atoms with Gasteiger partial charge in [-0.05, 0) is 245 Å². The fourth-order valence-electron chi connectivity index (χ4n) is 10.4. The zero-order valence-electron chi connectivity index (χ0n) is 69.4. The maximum Gasteiger partial charge on any atom is 0.532 e. The Morgan fingerprint density at radius 3 is 0.280 bits per heavy atom. The fraction of sp³-hybridized carbons (Fsp3) is 1.00. The van der Waals surface area contributed by atoms with Crippen LogP contribution in [0.2, 0.25) is 0 Å². The minimum atomic E-state index is -4.52. The molecule has 624 valence electrons. The van der Waals surface area contributed by atoms with Gasteiger partial charge in [-0.3, -0.25) is 0 Å². The third-order valence-electron chi connectivity index (χ3n) is 17.0. The third kappa shape index (κ3) is 59.0. The lowest BCUT2D eigenvalue weighted by molar-refractivity contribution is 0.363. The van der Waals surface area contributed by atoms with E-state index in [1.807, 2.05) is 50.0 Å². The summed E-state index contributed by atoms with van der Waals surface area (Å²) in [5.41, 5.74) is 0. The van der Waals surface area contributed by atoms with Crippen LogP contribution in [0.25, 0.3) is 0 Å². The van der Waals surface area contributed by atoms with Gasteiger partial charge in [0.15, 0.2) is 0 Å². The normalized spacial score (nSPS) is 14.7. The fourth-order valence-corrected chi connectivity index (χ4v) is 46.2. The predicted molar refractivity (Wildman–Crippen MR) is 468 cm³/mol. The van der Waals surface area contributed by atoms with Crippen LogP contribution in [-0.4, -0.2) is 142 Å². The first-order valence-corrected chi connectivity index (χ1v) is 63.6. The molecule has 28 heteroatoms. The molecular weight excluding hydrogens is 1510 g/mol. The highest BCUT2D eigenvalue weighted by molar-refractivity contribution is 8.35. The van der Waals surface area contributed by atoms with Gasteiger partial charge < -0.3 is 0 Å². The molecular formula is C72H168F4O12P4S8. The molecule has 0 saturated heterocycles. The van der Waals surface area contributed by atoms with Crippen molar-refractivity contribution in [2.45, 2.75) is 316 Å². The summed E-state index contributed by atoms with van der Waals surface area (Å²) in [5.74, 6) is 12.8. The average Bonchev–Trinajstić information content (AvgIpc) is 0.843. The van der Waals surface area contributed by atoms with E-state index in [0.717, 1.165) is 298 Å². The molecule has 0 N–H and O–H groups in total. The van der Waals surface area contributed by atoms with E-state index in [2.05, 4.69) is 111 Å². The van der Waals surface area contributed by atoms with Gasteiger partial charge in [0.05, 0.1) is 0 Å². The van der Waals surface area contributed by atoms with Crippen molar-refractivity contribution in [3.8, 4) is 0 Å². The van der Waals surface area contributed by atoms with E-state index in [1.54, 1.807) is 0 Å². The Morgan fingerprint density at radius 2 is 0.230 bits per heavy atom. The lowest BCUT2D eigenvalue weighted by Crippen LogP contribution is -2.14. The van der Waals surface area contributed by atoms with E-state index in [1.165, 1.54) is 0 Å². The minimum absolute atomic E-state index is 0.802. The van der Waals surface area contributed by atoms with Crippen LogP contribution in [0.4, 0.5) is 16.8 Å². The van der Waals surface area contributed by atoms with Crippen molar-refractivity contribution in [1.29, 1.82) is 0 Å². The summed E-state index contributed by atoms with van der Waals surface area (Å²) >= 11 is 0. The largest absolute Gasteiger partial charge is 0.532 e. The summed E-state index contributed by atoms with van der Waals surface area (Å²) in [6, 6.07) is 0. The Labute approximate surface area is 634 Å². The molecule has 0 saturated carbocycles. The van der Waals surface area contributed by atoms with Crippen LogP contribution in [0, 0.1) is 0 Å². The van der Waals surface area contributed by atoms with Crippen molar-refractivity contribution in [2.24, 2.45) is 0 Å². The second-order valence-electron chi connectivity index (χ2n) is 28.7. The van der Waals surface area contributed by atoms with Crippen LogP contribution < -0.4 is 0 Å². The van der Waals surface area contributed by atoms with Crippen molar-refractivity contribution in [1.82, 2.24) is 0 Å². The number of hydrogen-bond donors (Lipinski definition) is 0. The van der Waals surface area contributed by atoms with Crippen LogP contribution >= 0.6 is 114 Å². The van der Waals surface area contributed by atoms with Gasteiger partial charge in [-0.15, -0.1) is 99.3 Å². The molecule has 0 fully saturated rings. The summed E-state index contributed by atoms with van der Waals surface area (Å²) in [4.78, 5) is 0. The third-order valence-corrected chi connectivity index (χ3v) is 52.7. The molecule has 0 heterocycles.